The summed E-state index contributed by atoms with van der Waals surface area (Å²) in [6, 6.07) is 9.28. The second-order valence-electron chi connectivity index (χ2n) is 4.91. The Balaban J connectivity index is 2.21. The topological polar surface area (TPSA) is 12.0 Å². The smallest absolute Gasteiger partial charge is 0.130 e. The van der Waals surface area contributed by atoms with E-state index in [0.29, 0.717) is 0 Å². The van der Waals surface area contributed by atoms with Crippen LogP contribution >= 0.6 is 31.9 Å². The Labute approximate surface area is 140 Å². The molecule has 5 heteroatoms. The molecule has 2 unspecified atom stereocenters. The van der Waals surface area contributed by atoms with Gasteiger partial charge in [-0.3, -0.25) is 0 Å². The molecule has 0 aliphatic heterocycles. The third-order valence-corrected chi connectivity index (χ3v) is 4.54. The standard InChI is InChI=1S/C16H15Br2F2N/c1-9(12-7-6-11(17)8-13(12)18)21-10(2)16-14(19)4-3-5-15(16)20/h3-10,21H,1-2H3. The number of halogens is 4. The molecule has 1 nitrogen and oxygen atoms in total. The van der Waals surface area contributed by atoms with Crippen molar-refractivity contribution in [1.29, 1.82) is 0 Å². The van der Waals surface area contributed by atoms with E-state index >= 15 is 0 Å². The number of hydrogen-bond acceptors (Lipinski definition) is 1. The lowest BCUT2D eigenvalue weighted by Crippen LogP contribution is -2.24. The molecule has 21 heavy (non-hydrogen) atoms. The quantitative estimate of drug-likeness (QED) is 0.651. The maximum atomic E-state index is 13.8. The molecule has 2 atom stereocenters. The van der Waals surface area contributed by atoms with Crippen molar-refractivity contribution in [2.45, 2.75) is 25.9 Å². The summed E-state index contributed by atoms with van der Waals surface area (Å²) in [6.07, 6.45) is 0. The highest BCUT2D eigenvalue weighted by Gasteiger charge is 2.19. The number of hydrogen-bond donors (Lipinski definition) is 1. The van der Waals surface area contributed by atoms with Crippen LogP contribution in [0.3, 0.4) is 0 Å². The van der Waals surface area contributed by atoms with Gasteiger partial charge in [0.1, 0.15) is 11.6 Å². The molecule has 0 spiro atoms. The van der Waals surface area contributed by atoms with Crippen molar-refractivity contribution in [3.8, 4) is 0 Å². The van der Waals surface area contributed by atoms with Gasteiger partial charge in [-0.15, -0.1) is 0 Å². The summed E-state index contributed by atoms with van der Waals surface area (Å²) in [5.41, 5.74) is 1.10. The summed E-state index contributed by atoms with van der Waals surface area (Å²) in [7, 11) is 0. The van der Waals surface area contributed by atoms with E-state index in [1.165, 1.54) is 18.2 Å². The summed E-state index contributed by atoms with van der Waals surface area (Å²) >= 11 is 6.91. The minimum absolute atomic E-state index is 0.0542. The molecule has 0 saturated heterocycles. The lowest BCUT2D eigenvalue weighted by atomic mass is 10.0. The summed E-state index contributed by atoms with van der Waals surface area (Å²) in [4.78, 5) is 0. The monoisotopic (exact) mass is 417 g/mol. The van der Waals surface area contributed by atoms with Crippen LogP contribution in [0.25, 0.3) is 0 Å². The Morgan fingerprint density at radius 1 is 0.952 bits per heavy atom. The molecule has 1 N–H and O–H groups in total. The van der Waals surface area contributed by atoms with Gasteiger partial charge in [0.15, 0.2) is 0 Å². The van der Waals surface area contributed by atoms with Gasteiger partial charge < -0.3 is 5.32 Å². The second kappa shape index (κ2) is 6.99. The van der Waals surface area contributed by atoms with Crippen LogP contribution in [0.4, 0.5) is 8.78 Å². The number of rotatable bonds is 4. The fraction of sp³-hybridized carbons (Fsp3) is 0.250. The van der Waals surface area contributed by atoms with Gasteiger partial charge in [0.05, 0.1) is 0 Å². The van der Waals surface area contributed by atoms with E-state index in [2.05, 4.69) is 37.2 Å². The third kappa shape index (κ3) is 3.90. The molecule has 0 radical (unpaired) electrons. The van der Waals surface area contributed by atoms with Gasteiger partial charge in [-0.25, -0.2) is 8.78 Å². The van der Waals surface area contributed by atoms with Crippen molar-refractivity contribution in [2.75, 3.05) is 0 Å². The van der Waals surface area contributed by atoms with Gasteiger partial charge in [0, 0.05) is 26.6 Å². The van der Waals surface area contributed by atoms with Gasteiger partial charge in [-0.1, -0.05) is 44.0 Å². The van der Waals surface area contributed by atoms with E-state index < -0.39 is 17.7 Å². The van der Waals surface area contributed by atoms with E-state index in [1.54, 1.807) is 6.92 Å². The minimum Gasteiger partial charge on any atom is -0.303 e. The largest absolute Gasteiger partial charge is 0.303 e. The Morgan fingerprint density at radius 2 is 1.57 bits per heavy atom. The Hall–Kier alpha value is -0.780. The molecule has 0 aliphatic carbocycles. The van der Waals surface area contributed by atoms with Crippen LogP contribution < -0.4 is 5.32 Å². The Morgan fingerprint density at radius 3 is 2.14 bits per heavy atom. The van der Waals surface area contributed by atoms with Crippen molar-refractivity contribution in [3.05, 3.63) is 68.1 Å². The Kier molecular flexibility index (Phi) is 5.52. The highest BCUT2D eigenvalue weighted by atomic mass is 79.9. The summed E-state index contributed by atoms with van der Waals surface area (Å²) in [5.74, 6) is -1.06. The molecule has 112 valence electrons. The Bertz CT molecular complexity index is 626. The first-order valence-electron chi connectivity index (χ1n) is 6.55. The summed E-state index contributed by atoms with van der Waals surface area (Å²) < 4.78 is 29.5. The SMILES string of the molecule is CC(NC(C)c1c(F)cccc1F)c1ccc(Br)cc1Br. The van der Waals surface area contributed by atoms with Gasteiger partial charge >= 0.3 is 0 Å². The maximum Gasteiger partial charge on any atom is 0.130 e. The molecular formula is C16H15Br2F2N. The second-order valence-corrected chi connectivity index (χ2v) is 6.68. The highest BCUT2D eigenvalue weighted by molar-refractivity contribution is 9.11. The van der Waals surface area contributed by atoms with Gasteiger partial charge in [-0.2, -0.15) is 0 Å². The van der Waals surface area contributed by atoms with Gasteiger partial charge in [0.2, 0.25) is 0 Å². The average Bonchev–Trinajstić information content (AvgIpc) is 2.37. The van der Waals surface area contributed by atoms with Crippen LogP contribution in [0.5, 0.6) is 0 Å². The lowest BCUT2D eigenvalue weighted by molar-refractivity contribution is 0.449. The molecule has 0 aromatic heterocycles. The van der Waals surface area contributed by atoms with E-state index in [-0.39, 0.29) is 11.6 Å². The van der Waals surface area contributed by atoms with Crippen molar-refractivity contribution in [1.82, 2.24) is 5.32 Å². The third-order valence-electron chi connectivity index (χ3n) is 3.36. The molecular weight excluding hydrogens is 404 g/mol. The minimum atomic E-state index is -0.530. The predicted molar refractivity (Wildman–Crippen MR) is 88.2 cm³/mol. The van der Waals surface area contributed by atoms with E-state index in [0.717, 1.165) is 14.5 Å². The fourth-order valence-corrected chi connectivity index (χ4v) is 3.72. The maximum absolute atomic E-state index is 13.8. The van der Waals surface area contributed by atoms with Crippen LogP contribution in [-0.2, 0) is 0 Å². The normalized spacial score (nSPS) is 14.0. The first-order valence-corrected chi connectivity index (χ1v) is 8.13. The highest BCUT2D eigenvalue weighted by Crippen LogP contribution is 2.29. The first kappa shape index (κ1) is 16.6. The summed E-state index contributed by atoms with van der Waals surface area (Å²) in [5, 5.41) is 3.23. The van der Waals surface area contributed by atoms with E-state index in [4.69, 9.17) is 0 Å². The van der Waals surface area contributed by atoms with Crippen LogP contribution in [0.1, 0.15) is 37.1 Å². The molecule has 2 aromatic rings. The summed E-state index contributed by atoms with van der Waals surface area (Å²) in [6.45, 7) is 3.72. The molecule has 0 heterocycles. The van der Waals surface area contributed by atoms with Gasteiger partial charge in [-0.05, 0) is 43.7 Å². The zero-order valence-corrected chi connectivity index (χ0v) is 14.8. The fourth-order valence-electron chi connectivity index (χ4n) is 2.33. The molecule has 0 bridgehead atoms. The van der Waals surface area contributed by atoms with Crippen LogP contribution in [0, 0.1) is 11.6 Å². The van der Waals surface area contributed by atoms with E-state index in [1.807, 2.05) is 25.1 Å². The zero-order valence-electron chi connectivity index (χ0n) is 11.6. The van der Waals surface area contributed by atoms with Crippen molar-refractivity contribution < 1.29 is 8.78 Å². The molecule has 0 aliphatic rings. The van der Waals surface area contributed by atoms with E-state index in [9.17, 15) is 8.78 Å². The number of benzene rings is 2. The molecule has 0 saturated carbocycles. The molecule has 2 aromatic carbocycles. The van der Waals surface area contributed by atoms with Crippen LogP contribution in [-0.4, -0.2) is 0 Å². The average molecular weight is 419 g/mol. The molecule has 0 amide bonds. The lowest BCUT2D eigenvalue weighted by Gasteiger charge is -2.22. The van der Waals surface area contributed by atoms with Crippen molar-refractivity contribution >= 4 is 31.9 Å². The van der Waals surface area contributed by atoms with Crippen molar-refractivity contribution in [3.63, 3.8) is 0 Å². The molecule has 2 rings (SSSR count). The predicted octanol–water partition coefficient (Wildman–Crippen LogP) is 5.90. The van der Waals surface area contributed by atoms with Crippen LogP contribution in [0.2, 0.25) is 0 Å². The van der Waals surface area contributed by atoms with Gasteiger partial charge in [0.25, 0.3) is 0 Å². The van der Waals surface area contributed by atoms with Crippen LogP contribution in [0.15, 0.2) is 45.3 Å². The molecule has 0 fully saturated rings. The van der Waals surface area contributed by atoms with Crippen molar-refractivity contribution in [2.24, 2.45) is 0 Å². The number of nitrogens with one attached hydrogen (secondary N) is 1. The first-order chi connectivity index (χ1) is 9.90. The zero-order chi connectivity index (χ0) is 15.6.